The van der Waals surface area contributed by atoms with Gasteiger partial charge in [0.1, 0.15) is 5.60 Å². The predicted molar refractivity (Wildman–Crippen MR) is 73.2 cm³/mol. The Kier molecular flexibility index (Phi) is 4.08. The number of carbonyl (C=O) groups excluding carboxylic acids is 1. The van der Waals surface area contributed by atoms with Crippen LogP contribution in [0.5, 0.6) is 0 Å². The first-order valence-corrected chi connectivity index (χ1v) is 6.81. The summed E-state index contributed by atoms with van der Waals surface area (Å²) in [5.74, 6) is 0.628. The summed E-state index contributed by atoms with van der Waals surface area (Å²) in [4.78, 5) is 12.6. The second-order valence-electron chi connectivity index (χ2n) is 5.24. The van der Waals surface area contributed by atoms with Crippen molar-refractivity contribution in [1.29, 1.82) is 0 Å². The second kappa shape index (κ2) is 5.41. The van der Waals surface area contributed by atoms with Crippen molar-refractivity contribution in [2.45, 2.75) is 38.2 Å². The molecule has 1 aliphatic rings. The maximum absolute atomic E-state index is 12.6. The van der Waals surface area contributed by atoms with Gasteiger partial charge in [-0.15, -0.1) is 0 Å². The molecule has 0 aromatic heterocycles. The summed E-state index contributed by atoms with van der Waals surface area (Å²) in [6.07, 6.45) is 3.85. The molecule has 0 heterocycles. The van der Waals surface area contributed by atoms with Gasteiger partial charge < -0.3 is 4.74 Å². The number of ether oxygens (including phenoxy) is 1. The van der Waals surface area contributed by atoms with E-state index in [4.69, 9.17) is 16.3 Å². The van der Waals surface area contributed by atoms with E-state index in [-0.39, 0.29) is 5.78 Å². The van der Waals surface area contributed by atoms with Crippen LogP contribution < -0.4 is 0 Å². The lowest BCUT2D eigenvalue weighted by Crippen LogP contribution is -2.44. The molecule has 2 unspecified atom stereocenters. The first-order chi connectivity index (χ1) is 8.57. The number of carbonyl (C=O) groups is 1. The van der Waals surface area contributed by atoms with Crippen molar-refractivity contribution in [3.63, 3.8) is 0 Å². The highest BCUT2D eigenvalue weighted by atomic mass is 35.5. The first-order valence-electron chi connectivity index (χ1n) is 6.43. The Morgan fingerprint density at radius 2 is 2.06 bits per heavy atom. The summed E-state index contributed by atoms with van der Waals surface area (Å²) in [7, 11) is 1.64. The molecule has 1 aromatic rings. The minimum Gasteiger partial charge on any atom is -0.370 e. The molecule has 0 aliphatic heterocycles. The Bertz CT molecular complexity index is 427. The molecule has 98 valence electrons. The van der Waals surface area contributed by atoms with E-state index < -0.39 is 5.60 Å². The molecule has 3 heteroatoms. The van der Waals surface area contributed by atoms with E-state index in [1.807, 2.05) is 0 Å². The van der Waals surface area contributed by atoms with Gasteiger partial charge in [-0.2, -0.15) is 0 Å². The van der Waals surface area contributed by atoms with Gasteiger partial charge in [0.05, 0.1) is 0 Å². The smallest absolute Gasteiger partial charge is 0.194 e. The lowest BCUT2D eigenvalue weighted by Gasteiger charge is -2.37. The van der Waals surface area contributed by atoms with Crippen molar-refractivity contribution >= 4 is 17.4 Å². The van der Waals surface area contributed by atoms with Crippen LogP contribution in [-0.4, -0.2) is 18.5 Å². The average Bonchev–Trinajstić information content (AvgIpc) is 2.38. The highest BCUT2D eigenvalue weighted by Gasteiger charge is 2.42. The summed E-state index contributed by atoms with van der Waals surface area (Å²) in [5, 5.41) is 0.648. The second-order valence-corrected chi connectivity index (χ2v) is 5.67. The number of benzene rings is 1. The topological polar surface area (TPSA) is 26.3 Å². The van der Waals surface area contributed by atoms with E-state index in [1.54, 1.807) is 31.4 Å². The maximum Gasteiger partial charge on any atom is 0.194 e. The molecular weight excluding hydrogens is 248 g/mol. The van der Waals surface area contributed by atoms with Crippen LogP contribution in [0.25, 0.3) is 0 Å². The van der Waals surface area contributed by atoms with Crippen molar-refractivity contribution < 1.29 is 9.53 Å². The summed E-state index contributed by atoms with van der Waals surface area (Å²) in [6.45, 7) is 2.18. The van der Waals surface area contributed by atoms with Crippen LogP contribution in [0.2, 0.25) is 5.02 Å². The fraction of sp³-hybridized carbons (Fsp3) is 0.533. The van der Waals surface area contributed by atoms with E-state index >= 15 is 0 Å². The van der Waals surface area contributed by atoms with Gasteiger partial charge >= 0.3 is 0 Å². The van der Waals surface area contributed by atoms with Gasteiger partial charge in [-0.25, -0.2) is 0 Å². The van der Waals surface area contributed by atoms with E-state index in [2.05, 4.69) is 6.92 Å². The van der Waals surface area contributed by atoms with Crippen LogP contribution in [0.15, 0.2) is 24.3 Å². The lowest BCUT2D eigenvalue weighted by molar-refractivity contribution is -0.0302. The summed E-state index contributed by atoms with van der Waals surface area (Å²) < 4.78 is 5.61. The van der Waals surface area contributed by atoms with E-state index in [0.717, 1.165) is 19.3 Å². The molecule has 2 rings (SSSR count). The van der Waals surface area contributed by atoms with Crippen LogP contribution in [0.4, 0.5) is 0 Å². The van der Waals surface area contributed by atoms with Crippen molar-refractivity contribution in [2.24, 2.45) is 5.92 Å². The van der Waals surface area contributed by atoms with Gasteiger partial charge in [-0.05, 0) is 49.4 Å². The number of Topliss-reactive ketones (excluding diaryl/α,β-unsaturated/α-hetero) is 1. The summed E-state index contributed by atoms with van der Waals surface area (Å²) in [6, 6.07) is 7.07. The number of methoxy groups -OCH3 is 1. The number of halogens is 1. The largest absolute Gasteiger partial charge is 0.370 e. The summed E-state index contributed by atoms with van der Waals surface area (Å²) in [5.41, 5.74) is 0.0567. The van der Waals surface area contributed by atoms with E-state index in [1.165, 1.54) is 6.42 Å². The molecule has 0 saturated heterocycles. The van der Waals surface area contributed by atoms with Crippen molar-refractivity contribution in [3.05, 3.63) is 34.9 Å². The van der Waals surface area contributed by atoms with Crippen molar-refractivity contribution in [2.75, 3.05) is 7.11 Å². The molecule has 0 amide bonds. The summed E-state index contributed by atoms with van der Waals surface area (Å²) >= 11 is 5.85. The Morgan fingerprint density at radius 3 is 2.61 bits per heavy atom. The van der Waals surface area contributed by atoms with E-state index in [9.17, 15) is 4.79 Å². The molecule has 0 bridgehead atoms. The standard InChI is InChI=1S/C15H19ClO2/c1-11-4-3-9-15(10-11,18-2)14(17)12-5-7-13(16)8-6-12/h5-8,11H,3-4,9-10H2,1-2H3. The van der Waals surface area contributed by atoms with Crippen LogP contribution in [0.1, 0.15) is 43.0 Å². The van der Waals surface area contributed by atoms with Crippen molar-refractivity contribution in [3.8, 4) is 0 Å². The fourth-order valence-corrected chi connectivity index (χ4v) is 2.98. The number of ketones is 1. The third-order valence-corrected chi connectivity index (χ3v) is 4.12. The maximum atomic E-state index is 12.6. The monoisotopic (exact) mass is 266 g/mol. The first kappa shape index (κ1) is 13.6. The Hall–Kier alpha value is -0.860. The molecule has 0 N–H and O–H groups in total. The van der Waals surface area contributed by atoms with Gasteiger partial charge in [0.2, 0.25) is 0 Å². The van der Waals surface area contributed by atoms with Crippen LogP contribution >= 0.6 is 11.6 Å². The van der Waals surface area contributed by atoms with Gasteiger partial charge in [0.15, 0.2) is 5.78 Å². The molecule has 1 fully saturated rings. The minimum atomic E-state index is -0.633. The number of hydrogen-bond donors (Lipinski definition) is 0. The zero-order valence-corrected chi connectivity index (χ0v) is 11.7. The zero-order valence-electron chi connectivity index (χ0n) is 10.9. The molecule has 1 aromatic carbocycles. The Labute approximate surface area is 113 Å². The van der Waals surface area contributed by atoms with Gasteiger partial charge in [0.25, 0.3) is 0 Å². The van der Waals surface area contributed by atoms with Gasteiger partial charge in [-0.3, -0.25) is 4.79 Å². The highest BCUT2D eigenvalue weighted by molar-refractivity contribution is 6.30. The molecule has 0 radical (unpaired) electrons. The molecular formula is C15H19ClO2. The van der Waals surface area contributed by atoms with E-state index in [0.29, 0.717) is 16.5 Å². The van der Waals surface area contributed by atoms with Crippen LogP contribution in [0.3, 0.4) is 0 Å². The van der Waals surface area contributed by atoms with Gasteiger partial charge in [-0.1, -0.05) is 24.9 Å². The molecule has 1 aliphatic carbocycles. The quantitative estimate of drug-likeness (QED) is 0.770. The minimum absolute atomic E-state index is 0.0909. The van der Waals surface area contributed by atoms with Crippen LogP contribution in [0, 0.1) is 5.92 Å². The highest BCUT2D eigenvalue weighted by Crippen LogP contribution is 2.37. The Morgan fingerprint density at radius 1 is 1.39 bits per heavy atom. The molecule has 0 spiro atoms. The fourth-order valence-electron chi connectivity index (χ4n) is 2.85. The zero-order chi connectivity index (χ0) is 13.2. The third kappa shape index (κ3) is 2.60. The van der Waals surface area contributed by atoms with Gasteiger partial charge in [0, 0.05) is 17.7 Å². The Balaban J connectivity index is 2.26. The predicted octanol–water partition coefficient (Wildman–Crippen LogP) is 4.12. The third-order valence-electron chi connectivity index (χ3n) is 3.87. The average molecular weight is 267 g/mol. The molecule has 2 nitrogen and oxygen atoms in total. The normalized spacial score (nSPS) is 28.1. The molecule has 2 atom stereocenters. The lowest BCUT2D eigenvalue weighted by atomic mass is 9.75. The number of hydrogen-bond acceptors (Lipinski definition) is 2. The van der Waals surface area contributed by atoms with Crippen molar-refractivity contribution in [1.82, 2.24) is 0 Å². The molecule has 18 heavy (non-hydrogen) atoms. The van der Waals surface area contributed by atoms with Crippen LogP contribution in [-0.2, 0) is 4.74 Å². The number of rotatable bonds is 3. The molecule has 1 saturated carbocycles. The SMILES string of the molecule is COC1(C(=O)c2ccc(Cl)cc2)CCCC(C)C1.